The van der Waals surface area contributed by atoms with Crippen molar-refractivity contribution in [2.75, 3.05) is 0 Å². The Balaban J connectivity index is 2.32. The molecule has 0 aromatic heterocycles. The van der Waals surface area contributed by atoms with E-state index in [1.807, 2.05) is 30.3 Å². The van der Waals surface area contributed by atoms with E-state index < -0.39 is 6.04 Å². The molecule has 0 aliphatic heterocycles. The standard InChI is InChI=1S/C12H15NO2S/c13-11(7-4-8-16)12(14)15-9-10-5-2-1-3-6-10/h1-3,5-6,8,11H,4,7,9,13H2. The largest absolute Gasteiger partial charge is 0.460 e. The lowest BCUT2D eigenvalue weighted by molar-refractivity contribution is -0.146. The first-order valence-corrected chi connectivity index (χ1v) is 5.61. The van der Waals surface area contributed by atoms with Crippen molar-refractivity contribution in [2.24, 2.45) is 5.73 Å². The maximum Gasteiger partial charge on any atom is 0.323 e. The Morgan fingerprint density at radius 1 is 1.44 bits per heavy atom. The Kier molecular flexibility index (Phi) is 5.67. The van der Waals surface area contributed by atoms with Gasteiger partial charge in [0.1, 0.15) is 12.6 Å². The highest BCUT2D eigenvalue weighted by Crippen LogP contribution is 2.03. The first-order valence-electron chi connectivity index (χ1n) is 5.14. The highest BCUT2D eigenvalue weighted by Gasteiger charge is 2.13. The summed E-state index contributed by atoms with van der Waals surface area (Å²) in [5.74, 6) is -0.374. The molecule has 86 valence electrons. The highest BCUT2D eigenvalue weighted by molar-refractivity contribution is 7.78. The maximum atomic E-state index is 11.4. The van der Waals surface area contributed by atoms with E-state index in [4.69, 9.17) is 10.5 Å². The molecular weight excluding hydrogens is 222 g/mol. The summed E-state index contributed by atoms with van der Waals surface area (Å²) in [4.78, 5) is 11.4. The van der Waals surface area contributed by atoms with Gasteiger partial charge in [0.15, 0.2) is 0 Å². The molecule has 1 atom stereocenters. The minimum absolute atomic E-state index is 0.269. The van der Waals surface area contributed by atoms with Crippen LogP contribution in [0.1, 0.15) is 18.4 Å². The fraction of sp³-hybridized carbons (Fsp3) is 0.333. The Bertz CT molecular complexity index is 340. The van der Waals surface area contributed by atoms with E-state index >= 15 is 0 Å². The molecular formula is C12H15NO2S. The number of thiocarbonyl (C=S) groups is 1. The van der Waals surface area contributed by atoms with Crippen LogP contribution in [0.15, 0.2) is 30.3 Å². The van der Waals surface area contributed by atoms with Gasteiger partial charge in [0.2, 0.25) is 0 Å². The summed E-state index contributed by atoms with van der Waals surface area (Å²) in [7, 11) is 0. The maximum absolute atomic E-state index is 11.4. The zero-order valence-corrected chi connectivity index (χ0v) is 9.78. The Hall–Kier alpha value is -1.26. The van der Waals surface area contributed by atoms with Gasteiger partial charge >= 0.3 is 5.97 Å². The summed E-state index contributed by atoms with van der Waals surface area (Å²) in [6.07, 6.45) is 1.19. The van der Waals surface area contributed by atoms with Crippen molar-refractivity contribution in [3.63, 3.8) is 0 Å². The summed E-state index contributed by atoms with van der Waals surface area (Å²) in [6, 6.07) is 8.93. The highest BCUT2D eigenvalue weighted by atomic mass is 32.1. The molecule has 1 rings (SSSR count). The second kappa shape index (κ2) is 7.09. The number of carbonyl (C=O) groups excluding carboxylic acids is 1. The fourth-order valence-corrected chi connectivity index (χ4v) is 1.34. The molecule has 0 heterocycles. The van der Waals surface area contributed by atoms with E-state index in [1.54, 1.807) is 5.37 Å². The molecule has 0 aliphatic rings. The number of rotatable bonds is 6. The van der Waals surface area contributed by atoms with Crippen LogP contribution < -0.4 is 5.73 Å². The third kappa shape index (κ3) is 4.51. The van der Waals surface area contributed by atoms with Crippen LogP contribution in [0.25, 0.3) is 0 Å². The van der Waals surface area contributed by atoms with Gasteiger partial charge in [-0.2, -0.15) is 0 Å². The molecule has 0 saturated carbocycles. The number of hydrogen-bond acceptors (Lipinski definition) is 4. The second-order valence-electron chi connectivity index (χ2n) is 3.44. The van der Waals surface area contributed by atoms with E-state index in [0.717, 1.165) is 5.56 Å². The third-order valence-corrected chi connectivity index (χ3v) is 2.36. The minimum atomic E-state index is -0.581. The second-order valence-corrected chi connectivity index (χ2v) is 3.78. The number of nitrogens with two attached hydrogens (primary N) is 1. The quantitative estimate of drug-likeness (QED) is 0.606. The predicted molar refractivity (Wildman–Crippen MR) is 67.1 cm³/mol. The third-order valence-electron chi connectivity index (χ3n) is 2.12. The normalized spacial score (nSPS) is 11.8. The molecule has 0 radical (unpaired) electrons. The van der Waals surface area contributed by atoms with Gasteiger partial charge in [-0.25, -0.2) is 0 Å². The lowest BCUT2D eigenvalue weighted by Crippen LogP contribution is -2.32. The number of carbonyl (C=O) groups is 1. The lowest BCUT2D eigenvalue weighted by Gasteiger charge is -2.10. The molecule has 0 aliphatic carbocycles. The number of benzene rings is 1. The van der Waals surface area contributed by atoms with E-state index in [9.17, 15) is 4.79 Å². The van der Waals surface area contributed by atoms with Crippen LogP contribution in [-0.4, -0.2) is 17.4 Å². The zero-order chi connectivity index (χ0) is 11.8. The molecule has 0 fully saturated rings. The summed E-state index contributed by atoms with van der Waals surface area (Å²) < 4.78 is 5.08. The summed E-state index contributed by atoms with van der Waals surface area (Å²) in [5, 5.41) is 1.57. The van der Waals surface area contributed by atoms with Crippen LogP contribution in [0.2, 0.25) is 0 Å². The molecule has 0 amide bonds. The molecule has 2 N–H and O–H groups in total. The van der Waals surface area contributed by atoms with Crippen LogP contribution in [0, 0.1) is 0 Å². The average Bonchev–Trinajstić information content (AvgIpc) is 2.34. The van der Waals surface area contributed by atoms with Crippen molar-refractivity contribution in [1.82, 2.24) is 0 Å². The monoisotopic (exact) mass is 237 g/mol. The van der Waals surface area contributed by atoms with E-state index in [-0.39, 0.29) is 12.6 Å². The van der Waals surface area contributed by atoms with Crippen LogP contribution in [0.3, 0.4) is 0 Å². The average molecular weight is 237 g/mol. The minimum Gasteiger partial charge on any atom is -0.460 e. The molecule has 1 aromatic carbocycles. The van der Waals surface area contributed by atoms with E-state index in [0.29, 0.717) is 12.8 Å². The van der Waals surface area contributed by atoms with E-state index in [2.05, 4.69) is 12.2 Å². The van der Waals surface area contributed by atoms with Gasteiger partial charge < -0.3 is 10.5 Å². The number of ether oxygens (including phenoxy) is 1. The summed E-state index contributed by atoms with van der Waals surface area (Å²) in [6.45, 7) is 0.269. The molecule has 0 spiro atoms. The van der Waals surface area contributed by atoms with Gasteiger partial charge in [-0.3, -0.25) is 4.79 Å². The molecule has 16 heavy (non-hydrogen) atoms. The van der Waals surface area contributed by atoms with Crippen molar-refractivity contribution in [3.05, 3.63) is 35.9 Å². The van der Waals surface area contributed by atoms with E-state index in [1.165, 1.54) is 0 Å². The molecule has 0 saturated heterocycles. The van der Waals surface area contributed by atoms with Crippen LogP contribution in [-0.2, 0) is 16.1 Å². The molecule has 0 bridgehead atoms. The van der Waals surface area contributed by atoms with Crippen molar-refractivity contribution in [3.8, 4) is 0 Å². The van der Waals surface area contributed by atoms with Gasteiger partial charge in [0.05, 0.1) is 0 Å². The Morgan fingerprint density at radius 3 is 2.75 bits per heavy atom. The van der Waals surface area contributed by atoms with Gasteiger partial charge in [-0.05, 0) is 23.8 Å². The van der Waals surface area contributed by atoms with Crippen molar-refractivity contribution >= 4 is 23.6 Å². The van der Waals surface area contributed by atoms with Crippen molar-refractivity contribution < 1.29 is 9.53 Å². The Labute approximate surface area is 101 Å². The molecule has 1 aromatic rings. The Morgan fingerprint density at radius 2 is 2.12 bits per heavy atom. The number of esters is 1. The summed E-state index contributed by atoms with van der Waals surface area (Å²) in [5.41, 5.74) is 6.58. The van der Waals surface area contributed by atoms with Crippen LogP contribution in [0.5, 0.6) is 0 Å². The predicted octanol–water partition coefficient (Wildman–Crippen LogP) is 1.84. The number of hydrogen-bond donors (Lipinski definition) is 1. The molecule has 3 nitrogen and oxygen atoms in total. The molecule has 1 unspecified atom stereocenters. The van der Waals surface area contributed by atoms with Gasteiger partial charge in [0, 0.05) is 0 Å². The summed E-state index contributed by atoms with van der Waals surface area (Å²) >= 11 is 4.67. The first kappa shape index (κ1) is 12.8. The van der Waals surface area contributed by atoms with Gasteiger partial charge in [-0.1, -0.05) is 42.5 Å². The SMILES string of the molecule is NC(CCC=S)C(=O)OCc1ccccc1. The topological polar surface area (TPSA) is 52.3 Å². The van der Waals surface area contributed by atoms with Gasteiger partial charge in [0.25, 0.3) is 0 Å². The van der Waals surface area contributed by atoms with Crippen molar-refractivity contribution in [2.45, 2.75) is 25.5 Å². The van der Waals surface area contributed by atoms with Crippen LogP contribution in [0.4, 0.5) is 0 Å². The first-order chi connectivity index (χ1) is 7.74. The fourth-order valence-electron chi connectivity index (χ4n) is 1.20. The van der Waals surface area contributed by atoms with Crippen molar-refractivity contribution in [1.29, 1.82) is 0 Å². The van der Waals surface area contributed by atoms with Gasteiger partial charge in [-0.15, -0.1) is 0 Å². The molecule has 4 heteroatoms. The van der Waals surface area contributed by atoms with Crippen LogP contribution >= 0.6 is 12.2 Å². The zero-order valence-electron chi connectivity index (χ0n) is 8.96. The lowest BCUT2D eigenvalue weighted by atomic mass is 10.2. The smallest absolute Gasteiger partial charge is 0.323 e.